The fourth-order valence-electron chi connectivity index (χ4n) is 5.59. The minimum absolute atomic E-state index is 0.00416. The highest BCUT2D eigenvalue weighted by molar-refractivity contribution is 8.10. The highest BCUT2D eigenvalue weighted by atomic mass is 32.3. The third-order valence-electron chi connectivity index (χ3n) is 7.93. The van der Waals surface area contributed by atoms with E-state index in [9.17, 15) is 33.7 Å². The Morgan fingerprint density at radius 3 is 1.56 bits per heavy atom. The maximum Gasteiger partial charge on any atom is 0.245 e. The maximum absolute atomic E-state index is 11.9. The van der Waals surface area contributed by atoms with E-state index in [1.165, 1.54) is 36.4 Å². The van der Waals surface area contributed by atoms with Crippen LogP contribution in [-0.4, -0.2) is 106 Å². The zero-order chi connectivity index (χ0) is 42.8. The zero-order valence-electron chi connectivity index (χ0n) is 31.8. The normalized spacial score (nSPS) is 12.1. The first-order valence-electron chi connectivity index (χ1n) is 16.8. The molecule has 21 nitrogen and oxygen atoms in total. The van der Waals surface area contributed by atoms with Crippen LogP contribution in [0.15, 0.2) is 97.6 Å². The van der Waals surface area contributed by atoms with E-state index < -0.39 is 40.1 Å². The van der Waals surface area contributed by atoms with Crippen LogP contribution in [0.4, 0.5) is 34.6 Å². The van der Waals surface area contributed by atoms with E-state index in [4.69, 9.17) is 4.74 Å². The van der Waals surface area contributed by atoms with Gasteiger partial charge in [-0.05, 0) is 66.2 Å². The summed E-state index contributed by atoms with van der Waals surface area (Å²) in [6.45, 7) is 0.505. The van der Waals surface area contributed by atoms with E-state index in [1.54, 1.807) is 48.7 Å². The van der Waals surface area contributed by atoms with Crippen molar-refractivity contribution in [2.24, 2.45) is 0 Å². The third kappa shape index (κ3) is 10.4. The Kier molecular flexibility index (Phi) is 11.7. The fraction of sp³-hybridized carbons (Fsp3) is 0.176. The van der Waals surface area contributed by atoms with Gasteiger partial charge in [0.25, 0.3) is 0 Å². The van der Waals surface area contributed by atoms with Gasteiger partial charge in [-0.2, -0.15) is 27.6 Å². The van der Waals surface area contributed by atoms with Crippen molar-refractivity contribution >= 4 is 96.8 Å². The molecule has 0 saturated heterocycles. The van der Waals surface area contributed by atoms with E-state index in [2.05, 4.69) is 45.9 Å². The lowest BCUT2D eigenvalue weighted by molar-refractivity contribution is 0.414. The molecule has 0 saturated carbocycles. The number of nitrogens with zero attached hydrogens (tertiary/aromatic N) is 9. The smallest absolute Gasteiger partial charge is 0.245 e. The van der Waals surface area contributed by atoms with Crippen LogP contribution in [0.5, 0.6) is 5.75 Å². The first-order valence-corrected chi connectivity index (χ1v) is 24.2. The van der Waals surface area contributed by atoms with Gasteiger partial charge in [0.1, 0.15) is 5.75 Å². The number of fused-ring (bicyclic) bond motifs is 2. The monoisotopic (exact) mass is 884 g/mol. The molecule has 310 valence electrons. The van der Waals surface area contributed by atoms with E-state index >= 15 is 0 Å². The summed E-state index contributed by atoms with van der Waals surface area (Å²) in [4.78, 5) is 17.2. The molecule has 25 heteroatoms. The topological polar surface area (TPSA) is 274 Å². The molecule has 0 bridgehead atoms. The summed E-state index contributed by atoms with van der Waals surface area (Å²) in [5.74, 6) is 1.39. The van der Waals surface area contributed by atoms with Crippen molar-refractivity contribution in [2.75, 3.05) is 50.2 Å². The van der Waals surface area contributed by atoms with Gasteiger partial charge in [-0.25, -0.2) is 48.3 Å². The van der Waals surface area contributed by atoms with E-state index in [0.29, 0.717) is 48.5 Å². The lowest BCUT2D eigenvalue weighted by atomic mass is 10.2. The zero-order valence-corrected chi connectivity index (χ0v) is 35.0. The molecule has 59 heavy (non-hydrogen) atoms. The molecule has 7 rings (SSSR count). The molecule has 4 aromatic heterocycles. The summed E-state index contributed by atoms with van der Waals surface area (Å²) < 4.78 is 102. The number of aromatic amines is 1. The number of methoxy groups -OCH3 is 1. The Balaban J connectivity index is 0.000000208. The number of hydrogen-bond donors (Lipinski definition) is 3. The van der Waals surface area contributed by atoms with Gasteiger partial charge < -0.3 is 15.4 Å². The van der Waals surface area contributed by atoms with Gasteiger partial charge in [0.05, 0.1) is 73.2 Å². The molecule has 0 aliphatic carbocycles. The van der Waals surface area contributed by atoms with Crippen LogP contribution in [-0.2, 0) is 46.6 Å². The van der Waals surface area contributed by atoms with Crippen LogP contribution in [0, 0.1) is 0 Å². The van der Waals surface area contributed by atoms with E-state index in [1.807, 2.05) is 24.3 Å². The Hall–Kier alpha value is -6.44. The van der Waals surface area contributed by atoms with Crippen LogP contribution in [0.3, 0.4) is 0 Å². The standard InChI is InChI=1S/C21H22N6O5S2.C13H14N6O4S2/c1-32-19-10-4-15(5-11-19)14-26-20-16(13-23-26)12-22-21(25-20)24-17-6-8-18(9-7-17)27(33(2,28)29)34(3,30)31;1-24(20,21)19(25(2,22)23)11-5-3-10(4-6-11)16-13-14-7-9-8-15-18-12(9)17-13/h4-13H,14H2,1-3H3,(H,22,24,25);3-8H,1-2H3,(H2,14,15,16,17,18). The lowest BCUT2D eigenvalue weighted by Crippen LogP contribution is -2.35. The van der Waals surface area contributed by atoms with E-state index in [-0.39, 0.29) is 11.4 Å². The van der Waals surface area contributed by atoms with Crippen molar-refractivity contribution in [3.8, 4) is 5.75 Å². The summed E-state index contributed by atoms with van der Waals surface area (Å²) in [7, 11) is -14.4. The minimum Gasteiger partial charge on any atom is -0.497 e. The van der Waals surface area contributed by atoms with Crippen molar-refractivity contribution in [1.82, 2.24) is 39.9 Å². The summed E-state index contributed by atoms with van der Waals surface area (Å²) in [6, 6.07) is 19.3. The second-order valence-electron chi connectivity index (χ2n) is 12.8. The number of hydrogen-bond acceptors (Lipinski definition) is 17. The number of anilines is 6. The number of aromatic nitrogens is 8. The number of benzene rings is 3. The summed E-state index contributed by atoms with van der Waals surface area (Å²) in [5.41, 5.74) is 3.34. The molecule has 0 atom stereocenters. The molecule has 0 aliphatic rings. The molecule has 7 aromatic rings. The van der Waals surface area contributed by atoms with Gasteiger partial charge in [0.2, 0.25) is 52.0 Å². The molecule has 4 heterocycles. The highest BCUT2D eigenvalue weighted by Gasteiger charge is 2.28. The largest absolute Gasteiger partial charge is 0.497 e. The van der Waals surface area contributed by atoms with Crippen LogP contribution in [0.2, 0.25) is 0 Å². The number of nitrogens with one attached hydrogen (secondary N) is 3. The predicted octanol–water partition coefficient (Wildman–Crippen LogP) is 3.17. The number of H-pyrrole nitrogens is 1. The van der Waals surface area contributed by atoms with Crippen molar-refractivity contribution < 1.29 is 38.4 Å². The van der Waals surface area contributed by atoms with Crippen LogP contribution < -0.4 is 22.8 Å². The number of ether oxygens (including phenoxy) is 1. The Bertz CT molecular complexity index is 3010. The molecular weight excluding hydrogens is 849 g/mol. The molecule has 0 amide bonds. The van der Waals surface area contributed by atoms with Crippen molar-refractivity contribution in [1.29, 1.82) is 0 Å². The van der Waals surface area contributed by atoms with Crippen LogP contribution in [0.25, 0.3) is 22.1 Å². The summed E-state index contributed by atoms with van der Waals surface area (Å²) >= 11 is 0. The van der Waals surface area contributed by atoms with Crippen molar-refractivity contribution in [3.05, 3.63) is 103 Å². The van der Waals surface area contributed by atoms with Gasteiger partial charge in [0.15, 0.2) is 11.3 Å². The number of rotatable bonds is 13. The Morgan fingerprint density at radius 2 is 1.08 bits per heavy atom. The second-order valence-corrected chi connectivity index (χ2v) is 20.6. The number of sulfonamides is 4. The van der Waals surface area contributed by atoms with E-state index in [0.717, 1.165) is 47.1 Å². The predicted molar refractivity (Wildman–Crippen MR) is 223 cm³/mol. The third-order valence-corrected chi connectivity index (χ3v) is 14.4. The van der Waals surface area contributed by atoms with Crippen LogP contribution >= 0.6 is 0 Å². The molecule has 0 fully saturated rings. The maximum atomic E-state index is 11.9. The highest BCUT2D eigenvalue weighted by Crippen LogP contribution is 2.26. The van der Waals surface area contributed by atoms with Crippen molar-refractivity contribution in [2.45, 2.75) is 6.54 Å². The quantitative estimate of drug-likeness (QED) is 0.150. The average molecular weight is 885 g/mol. The Morgan fingerprint density at radius 1 is 0.610 bits per heavy atom. The molecule has 0 unspecified atom stereocenters. The fourth-order valence-corrected chi connectivity index (χ4v) is 11.5. The van der Waals surface area contributed by atoms with Crippen LogP contribution in [0.1, 0.15) is 5.56 Å². The van der Waals surface area contributed by atoms with Gasteiger partial charge >= 0.3 is 0 Å². The summed E-state index contributed by atoms with van der Waals surface area (Å²) in [6.07, 6.45) is 9.84. The molecule has 0 aliphatic heterocycles. The average Bonchev–Trinajstić information content (AvgIpc) is 3.78. The van der Waals surface area contributed by atoms with Gasteiger partial charge in [-0.1, -0.05) is 12.1 Å². The van der Waals surface area contributed by atoms with Gasteiger partial charge in [-0.3, -0.25) is 5.10 Å². The first-order chi connectivity index (χ1) is 27.7. The second kappa shape index (κ2) is 16.4. The SMILES string of the molecule is COc1ccc(Cn2ncc3cnc(Nc4ccc(N(S(C)(=O)=O)S(C)(=O)=O)cc4)nc32)cc1.CS(=O)(=O)N(c1ccc(Nc2ncc3cn[nH]c3n2)cc1)S(C)(=O)=O. The summed E-state index contributed by atoms with van der Waals surface area (Å²) in [5, 5.41) is 18.5. The van der Waals surface area contributed by atoms with Gasteiger partial charge in [0, 0.05) is 23.8 Å². The Labute approximate surface area is 339 Å². The molecular formula is C34H36N12O9S4. The molecule has 3 aromatic carbocycles. The lowest BCUT2D eigenvalue weighted by Gasteiger charge is -2.19. The minimum atomic E-state index is -4.02. The molecule has 0 radical (unpaired) electrons. The molecule has 0 spiro atoms. The van der Waals surface area contributed by atoms with Crippen molar-refractivity contribution in [3.63, 3.8) is 0 Å². The van der Waals surface area contributed by atoms with Gasteiger partial charge in [-0.15, -0.1) is 0 Å². The molecule has 3 N–H and O–H groups in total. The first kappa shape index (κ1) is 42.2.